The molecule has 3 atom stereocenters. The first-order valence-electron chi connectivity index (χ1n) is 9.20. The largest absolute Gasteiger partial charge is 0.355 e. The van der Waals surface area contributed by atoms with Crippen molar-refractivity contribution in [3.63, 3.8) is 0 Å². The van der Waals surface area contributed by atoms with Crippen LogP contribution in [0.1, 0.15) is 32.1 Å². The van der Waals surface area contributed by atoms with Gasteiger partial charge >= 0.3 is 0 Å². The Kier molecular flexibility index (Phi) is 4.85. The van der Waals surface area contributed by atoms with E-state index in [1.807, 2.05) is 5.38 Å². The number of hydrogen-bond donors (Lipinski definition) is 2. The summed E-state index contributed by atoms with van der Waals surface area (Å²) in [6.07, 6.45) is 6.95. The molecule has 4 rings (SSSR count). The second-order valence-electron chi connectivity index (χ2n) is 7.16. The Bertz CT molecular complexity index is 748. The maximum absolute atomic E-state index is 12.8. The van der Waals surface area contributed by atoms with Gasteiger partial charge in [0.15, 0.2) is 0 Å². The van der Waals surface area contributed by atoms with Crippen LogP contribution >= 0.6 is 11.3 Å². The molecule has 0 aromatic carbocycles. The summed E-state index contributed by atoms with van der Waals surface area (Å²) in [4.78, 5) is 24.9. The van der Waals surface area contributed by atoms with Crippen molar-refractivity contribution in [1.82, 2.24) is 15.3 Å². The number of nitrogens with one attached hydrogen (secondary N) is 1. The number of thiophene rings is 1. The third-order valence-electron chi connectivity index (χ3n) is 5.62. The first kappa shape index (κ1) is 16.7. The summed E-state index contributed by atoms with van der Waals surface area (Å²) < 4.78 is 0. The standard InChI is InChI=1S/C18H25N5OS/c19-9-12-3-1-5-15(12)22-17(24)13-4-2-7-23(10-13)16-14-6-8-25-18(14)21-11-20-16/h6,8,11-13,15H,1-5,7,9-10,19H2,(H,22,24). The van der Waals surface area contributed by atoms with Crippen LogP contribution in [-0.4, -0.2) is 41.6 Å². The molecule has 1 amide bonds. The van der Waals surface area contributed by atoms with Crippen molar-refractivity contribution in [3.05, 3.63) is 17.8 Å². The summed E-state index contributed by atoms with van der Waals surface area (Å²) in [5, 5.41) is 6.41. The minimum atomic E-state index is 0.0245. The smallest absolute Gasteiger partial charge is 0.225 e. The van der Waals surface area contributed by atoms with E-state index < -0.39 is 0 Å². The maximum Gasteiger partial charge on any atom is 0.225 e. The highest BCUT2D eigenvalue weighted by Crippen LogP contribution is 2.30. The molecule has 25 heavy (non-hydrogen) atoms. The van der Waals surface area contributed by atoms with Gasteiger partial charge in [-0.1, -0.05) is 6.42 Å². The van der Waals surface area contributed by atoms with E-state index in [9.17, 15) is 4.79 Å². The minimum Gasteiger partial charge on any atom is -0.355 e. The van der Waals surface area contributed by atoms with Crippen LogP contribution in [0.2, 0.25) is 0 Å². The van der Waals surface area contributed by atoms with Crippen LogP contribution in [0, 0.1) is 11.8 Å². The zero-order chi connectivity index (χ0) is 17.2. The fourth-order valence-electron chi connectivity index (χ4n) is 4.22. The van der Waals surface area contributed by atoms with E-state index in [1.165, 1.54) is 6.42 Å². The normalized spacial score (nSPS) is 26.9. The van der Waals surface area contributed by atoms with Gasteiger partial charge in [0.1, 0.15) is 17.0 Å². The molecule has 0 bridgehead atoms. The minimum absolute atomic E-state index is 0.0245. The molecule has 6 nitrogen and oxygen atoms in total. The molecular formula is C18H25N5OS. The summed E-state index contributed by atoms with van der Waals surface area (Å²) in [5.41, 5.74) is 5.85. The molecule has 2 aromatic rings. The molecule has 0 spiro atoms. The van der Waals surface area contributed by atoms with Crippen LogP contribution in [0.15, 0.2) is 17.8 Å². The lowest BCUT2D eigenvalue weighted by atomic mass is 9.95. The Hall–Kier alpha value is -1.73. The predicted molar refractivity (Wildman–Crippen MR) is 101 cm³/mol. The van der Waals surface area contributed by atoms with Gasteiger partial charge in [-0.3, -0.25) is 4.79 Å². The summed E-state index contributed by atoms with van der Waals surface area (Å²) in [6, 6.07) is 2.33. The first-order chi connectivity index (χ1) is 12.3. The van der Waals surface area contributed by atoms with Gasteiger partial charge in [0, 0.05) is 19.1 Å². The predicted octanol–water partition coefficient (Wildman–Crippen LogP) is 2.15. The Morgan fingerprint density at radius 3 is 3.12 bits per heavy atom. The number of carbonyl (C=O) groups is 1. The molecule has 0 radical (unpaired) electrons. The van der Waals surface area contributed by atoms with Crippen LogP contribution in [0.3, 0.4) is 0 Å². The molecular weight excluding hydrogens is 334 g/mol. The van der Waals surface area contributed by atoms with E-state index in [0.717, 1.165) is 54.8 Å². The third-order valence-corrected chi connectivity index (χ3v) is 6.44. The number of piperidine rings is 1. The van der Waals surface area contributed by atoms with Gasteiger partial charge in [-0.15, -0.1) is 11.3 Å². The molecule has 3 unspecified atom stereocenters. The van der Waals surface area contributed by atoms with Crippen molar-refractivity contribution in [2.45, 2.75) is 38.1 Å². The first-order valence-corrected chi connectivity index (χ1v) is 10.1. The molecule has 2 aliphatic rings. The average Bonchev–Trinajstić information content (AvgIpc) is 3.30. The Morgan fingerprint density at radius 1 is 1.32 bits per heavy atom. The van der Waals surface area contributed by atoms with Crippen LogP contribution in [0.4, 0.5) is 5.82 Å². The highest BCUT2D eigenvalue weighted by molar-refractivity contribution is 7.16. The number of carbonyl (C=O) groups excluding carboxylic acids is 1. The second-order valence-corrected chi connectivity index (χ2v) is 8.06. The number of fused-ring (bicyclic) bond motifs is 1. The Balaban J connectivity index is 1.45. The molecule has 3 heterocycles. The molecule has 7 heteroatoms. The molecule has 3 N–H and O–H groups in total. The van der Waals surface area contributed by atoms with Crippen molar-refractivity contribution in [1.29, 1.82) is 0 Å². The summed E-state index contributed by atoms with van der Waals surface area (Å²) >= 11 is 1.63. The van der Waals surface area contributed by atoms with E-state index in [1.54, 1.807) is 17.7 Å². The quantitative estimate of drug-likeness (QED) is 0.874. The summed E-state index contributed by atoms with van der Waals surface area (Å²) in [6.45, 7) is 2.34. The van der Waals surface area contributed by atoms with Crippen molar-refractivity contribution >= 4 is 33.3 Å². The van der Waals surface area contributed by atoms with Gasteiger partial charge in [0.2, 0.25) is 5.91 Å². The van der Waals surface area contributed by atoms with Crippen molar-refractivity contribution in [2.75, 3.05) is 24.5 Å². The van der Waals surface area contributed by atoms with Crippen molar-refractivity contribution < 1.29 is 4.79 Å². The highest BCUT2D eigenvalue weighted by atomic mass is 32.1. The van der Waals surface area contributed by atoms with Gasteiger partial charge in [-0.2, -0.15) is 0 Å². The molecule has 1 aliphatic heterocycles. The molecule has 1 aliphatic carbocycles. The number of anilines is 1. The Labute approximate surface area is 151 Å². The summed E-state index contributed by atoms with van der Waals surface area (Å²) in [5.74, 6) is 1.61. The average molecular weight is 359 g/mol. The van der Waals surface area contributed by atoms with Crippen LogP contribution in [0.5, 0.6) is 0 Å². The fourth-order valence-corrected chi connectivity index (χ4v) is 4.95. The Morgan fingerprint density at radius 2 is 2.24 bits per heavy atom. The number of rotatable bonds is 4. The van der Waals surface area contributed by atoms with Gasteiger partial charge in [0.25, 0.3) is 0 Å². The monoisotopic (exact) mass is 359 g/mol. The van der Waals surface area contributed by atoms with Gasteiger partial charge in [-0.25, -0.2) is 9.97 Å². The zero-order valence-corrected chi connectivity index (χ0v) is 15.2. The van der Waals surface area contributed by atoms with Gasteiger partial charge < -0.3 is 16.0 Å². The van der Waals surface area contributed by atoms with E-state index in [0.29, 0.717) is 12.5 Å². The fraction of sp³-hybridized carbons (Fsp3) is 0.611. The van der Waals surface area contributed by atoms with Crippen molar-refractivity contribution in [2.24, 2.45) is 17.6 Å². The summed E-state index contributed by atoms with van der Waals surface area (Å²) in [7, 11) is 0. The lowest BCUT2D eigenvalue weighted by molar-refractivity contribution is -0.126. The van der Waals surface area contributed by atoms with E-state index in [4.69, 9.17) is 5.73 Å². The third kappa shape index (κ3) is 3.35. The van der Waals surface area contributed by atoms with Crippen LogP contribution in [0.25, 0.3) is 10.2 Å². The number of amides is 1. The SMILES string of the molecule is NCC1CCCC1NC(=O)C1CCCN(c2ncnc3sccc23)C1. The molecule has 2 fully saturated rings. The molecule has 1 saturated heterocycles. The number of nitrogens with two attached hydrogens (primary N) is 1. The van der Waals surface area contributed by atoms with Gasteiger partial charge in [-0.05, 0) is 49.6 Å². The molecule has 1 saturated carbocycles. The molecule has 2 aromatic heterocycles. The van der Waals surface area contributed by atoms with E-state index >= 15 is 0 Å². The topological polar surface area (TPSA) is 84.1 Å². The number of hydrogen-bond acceptors (Lipinski definition) is 6. The molecule has 134 valence electrons. The lowest BCUT2D eigenvalue weighted by Gasteiger charge is -2.34. The van der Waals surface area contributed by atoms with E-state index in [2.05, 4.69) is 26.3 Å². The van der Waals surface area contributed by atoms with Crippen LogP contribution in [-0.2, 0) is 4.79 Å². The lowest BCUT2D eigenvalue weighted by Crippen LogP contribution is -2.47. The zero-order valence-electron chi connectivity index (χ0n) is 14.4. The van der Waals surface area contributed by atoms with E-state index in [-0.39, 0.29) is 17.9 Å². The second kappa shape index (κ2) is 7.25. The van der Waals surface area contributed by atoms with Crippen molar-refractivity contribution in [3.8, 4) is 0 Å². The van der Waals surface area contributed by atoms with Crippen LogP contribution < -0.4 is 16.0 Å². The number of nitrogens with zero attached hydrogens (tertiary/aromatic N) is 3. The maximum atomic E-state index is 12.8. The number of aromatic nitrogens is 2. The highest BCUT2D eigenvalue weighted by Gasteiger charge is 2.32. The van der Waals surface area contributed by atoms with Gasteiger partial charge in [0.05, 0.1) is 11.3 Å².